The number of nitrogens with two attached hydrogens (primary N) is 1. The molecule has 1 heterocycles. The molecule has 0 aliphatic rings. The summed E-state index contributed by atoms with van der Waals surface area (Å²) in [6, 6.07) is 9.97. The van der Waals surface area contributed by atoms with Crippen molar-refractivity contribution in [3.63, 3.8) is 0 Å². The van der Waals surface area contributed by atoms with Gasteiger partial charge in [0.1, 0.15) is 5.82 Å². The van der Waals surface area contributed by atoms with E-state index in [1.54, 1.807) is 17.0 Å². The molecule has 88 valence electrons. The first kappa shape index (κ1) is 11.4. The van der Waals surface area contributed by atoms with E-state index in [1.807, 2.05) is 26.1 Å². The van der Waals surface area contributed by atoms with Crippen LogP contribution >= 0.6 is 0 Å². The summed E-state index contributed by atoms with van der Waals surface area (Å²) in [5.74, 6) is 0.358. The number of aromatic nitrogens is 1. The molecule has 0 saturated heterocycles. The maximum Gasteiger partial charge on any atom is 0.156 e. The Kier molecular flexibility index (Phi) is 2.95. The maximum atomic E-state index is 13.1. The Morgan fingerprint density at radius 3 is 2.71 bits per heavy atom. The van der Waals surface area contributed by atoms with Gasteiger partial charge >= 0.3 is 0 Å². The van der Waals surface area contributed by atoms with Gasteiger partial charge in [0.15, 0.2) is 5.82 Å². The highest BCUT2D eigenvalue weighted by atomic mass is 19.1. The number of benzene rings is 1. The quantitative estimate of drug-likeness (QED) is 0.864. The van der Waals surface area contributed by atoms with Gasteiger partial charge in [0.05, 0.1) is 5.69 Å². The van der Waals surface area contributed by atoms with Crippen LogP contribution in [-0.4, -0.2) is 12.0 Å². The second-order valence-corrected chi connectivity index (χ2v) is 3.90. The van der Waals surface area contributed by atoms with Gasteiger partial charge in [-0.3, -0.25) is 0 Å². The first-order valence-corrected chi connectivity index (χ1v) is 5.30. The second-order valence-electron chi connectivity index (χ2n) is 3.90. The minimum absolute atomic E-state index is 0.277. The van der Waals surface area contributed by atoms with Crippen LogP contribution in [0.5, 0.6) is 0 Å². The van der Waals surface area contributed by atoms with Gasteiger partial charge < -0.3 is 10.6 Å². The smallest absolute Gasteiger partial charge is 0.156 e. The van der Waals surface area contributed by atoms with E-state index in [-0.39, 0.29) is 5.82 Å². The summed E-state index contributed by atoms with van der Waals surface area (Å²) < 4.78 is 13.1. The minimum atomic E-state index is -0.277. The molecule has 0 fully saturated rings. The molecule has 1 aromatic carbocycles. The van der Waals surface area contributed by atoms with Crippen molar-refractivity contribution < 1.29 is 4.39 Å². The molecule has 4 heteroatoms. The van der Waals surface area contributed by atoms with Gasteiger partial charge in [-0.25, -0.2) is 9.37 Å². The zero-order valence-corrected chi connectivity index (χ0v) is 9.81. The summed E-state index contributed by atoms with van der Waals surface area (Å²) >= 11 is 0. The highest BCUT2D eigenvalue weighted by Crippen LogP contribution is 2.27. The van der Waals surface area contributed by atoms with Gasteiger partial charge in [-0.1, -0.05) is 6.07 Å². The van der Waals surface area contributed by atoms with Crippen LogP contribution in [0.2, 0.25) is 0 Å². The van der Waals surface area contributed by atoms with E-state index in [1.165, 1.54) is 12.1 Å². The summed E-state index contributed by atoms with van der Waals surface area (Å²) in [4.78, 5) is 6.13. The summed E-state index contributed by atoms with van der Waals surface area (Å²) in [5.41, 5.74) is 8.03. The van der Waals surface area contributed by atoms with E-state index in [0.717, 1.165) is 11.4 Å². The molecule has 0 saturated carbocycles. The Labute approximate surface area is 99.7 Å². The van der Waals surface area contributed by atoms with Gasteiger partial charge in [-0.2, -0.15) is 0 Å². The first-order chi connectivity index (χ1) is 8.08. The predicted octanol–water partition coefficient (Wildman–Crippen LogP) is 2.88. The molecule has 0 atom stereocenters. The standard InChI is InChI=1S/C13H14FN3/c1-9-6-7-12(15)13(16-9)17(2)11-5-3-4-10(14)8-11/h3-8H,15H2,1-2H3. The van der Waals surface area contributed by atoms with Crippen molar-refractivity contribution in [2.24, 2.45) is 0 Å². The molecule has 2 aromatic rings. The van der Waals surface area contributed by atoms with Crippen LogP contribution in [0.4, 0.5) is 21.6 Å². The maximum absolute atomic E-state index is 13.1. The molecule has 17 heavy (non-hydrogen) atoms. The second kappa shape index (κ2) is 4.41. The fourth-order valence-electron chi connectivity index (χ4n) is 1.63. The summed E-state index contributed by atoms with van der Waals surface area (Å²) in [6.45, 7) is 1.89. The van der Waals surface area contributed by atoms with Crippen molar-refractivity contribution in [3.8, 4) is 0 Å². The van der Waals surface area contributed by atoms with Crippen LogP contribution in [-0.2, 0) is 0 Å². The zero-order chi connectivity index (χ0) is 12.4. The number of halogens is 1. The third-order valence-corrected chi connectivity index (χ3v) is 2.56. The lowest BCUT2D eigenvalue weighted by molar-refractivity contribution is 0.628. The third kappa shape index (κ3) is 2.36. The molecule has 0 amide bonds. The average molecular weight is 231 g/mol. The van der Waals surface area contributed by atoms with E-state index >= 15 is 0 Å². The van der Waals surface area contributed by atoms with Gasteiger partial charge in [0.2, 0.25) is 0 Å². The monoisotopic (exact) mass is 231 g/mol. The van der Waals surface area contributed by atoms with Crippen LogP contribution in [0, 0.1) is 12.7 Å². The molecule has 2 N–H and O–H groups in total. The summed E-state index contributed by atoms with van der Waals surface area (Å²) in [7, 11) is 1.81. The molecular weight excluding hydrogens is 217 g/mol. The highest BCUT2D eigenvalue weighted by molar-refractivity contribution is 5.70. The van der Waals surface area contributed by atoms with E-state index in [0.29, 0.717) is 11.5 Å². The number of nitrogen functional groups attached to an aromatic ring is 1. The Hall–Kier alpha value is -2.10. The normalized spacial score (nSPS) is 10.3. The Bertz CT molecular complexity index is 540. The highest BCUT2D eigenvalue weighted by Gasteiger charge is 2.09. The fraction of sp³-hybridized carbons (Fsp3) is 0.154. The van der Waals surface area contributed by atoms with Crippen LogP contribution in [0.1, 0.15) is 5.69 Å². The Morgan fingerprint density at radius 2 is 2.00 bits per heavy atom. The van der Waals surface area contributed by atoms with Crippen molar-refractivity contribution in [1.82, 2.24) is 4.98 Å². The Morgan fingerprint density at radius 1 is 1.24 bits per heavy atom. The SMILES string of the molecule is Cc1ccc(N)c(N(C)c2cccc(F)c2)n1. The topological polar surface area (TPSA) is 42.1 Å². The predicted molar refractivity (Wildman–Crippen MR) is 67.8 cm³/mol. The van der Waals surface area contributed by atoms with Crippen molar-refractivity contribution >= 4 is 17.2 Å². The molecule has 0 radical (unpaired) electrons. The lowest BCUT2D eigenvalue weighted by Crippen LogP contribution is -2.14. The van der Waals surface area contributed by atoms with E-state index in [4.69, 9.17) is 5.73 Å². The molecule has 0 unspecified atom stereocenters. The van der Waals surface area contributed by atoms with Crippen LogP contribution in [0.15, 0.2) is 36.4 Å². The van der Waals surface area contributed by atoms with Crippen LogP contribution in [0.25, 0.3) is 0 Å². The van der Waals surface area contributed by atoms with E-state index in [9.17, 15) is 4.39 Å². The van der Waals surface area contributed by atoms with Crippen LogP contribution < -0.4 is 10.6 Å². The van der Waals surface area contributed by atoms with E-state index < -0.39 is 0 Å². The van der Waals surface area contributed by atoms with Crippen molar-refractivity contribution in [1.29, 1.82) is 0 Å². The van der Waals surface area contributed by atoms with Crippen molar-refractivity contribution in [2.75, 3.05) is 17.7 Å². The number of anilines is 3. The number of hydrogen-bond donors (Lipinski definition) is 1. The van der Waals surface area contributed by atoms with Crippen molar-refractivity contribution in [3.05, 3.63) is 47.9 Å². The largest absolute Gasteiger partial charge is 0.396 e. The Balaban J connectivity index is 2.43. The molecule has 1 aromatic heterocycles. The first-order valence-electron chi connectivity index (χ1n) is 5.30. The van der Waals surface area contributed by atoms with Gasteiger partial charge in [0.25, 0.3) is 0 Å². The lowest BCUT2D eigenvalue weighted by Gasteiger charge is -2.20. The van der Waals surface area contributed by atoms with Crippen LogP contribution in [0.3, 0.4) is 0 Å². The van der Waals surface area contributed by atoms with Gasteiger partial charge in [-0.05, 0) is 37.3 Å². The molecule has 0 bridgehead atoms. The van der Waals surface area contributed by atoms with Gasteiger partial charge in [-0.15, -0.1) is 0 Å². The number of hydrogen-bond acceptors (Lipinski definition) is 3. The molecule has 3 nitrogen and oxygen atoms in total. The fourth-order valence-corrected chi connectivity index (χ4v) is 1.63. The average Bonchev–Trinajstić information content (AvgIpc) is 2.31. The van der Waals surface area contributed by atoms with E-state index in [2.05, 4.69) is 4.98 Å². The lowest BCUT2D eigenvalue weighted by atomic mass is 10.2. The molecule has 0 aliphatic heterocycles. The summed E-state index contributed by atoms with van der Waals surface area (Å²) in [6.07, 6.45) is 0. The third-order valence-electron chi connectivity index (χ3n) is 2.56. The molecule has 0 spiro atoms. The number of pyridine rings is 1. The van der Waals surface area contributed by atoms with Crippen molar-refractivity contribution in [2.45, 2.75) is 6.92 Å². The van der Waals surface area contributed by atoms with Gasteiger partial charge in [0, 0.05) is 18.4 Å². The number of rotatable bonds is 2. The number of nitrogens with zero attached hydrogens (tertiary/aromatic N) is 2. The molecular formula is C13H14FN3. The molecule has 2 rings (SSSR count). The summed E-state index contributed by atoms with van der Waals surface area (Å²) in [5, 5.41) is 0. The molecule has 0 aliphatic carbocycles. The number of aryl methyl sites for hydroxylation is 1. The minimum Gasteiger partial charge on any atom is -0.396 e. The zero-order valence-electron chi connectivity index (χ0n) is 9.81.